The Kier molecular flexibility index (Phi) is 24.9. The van der Waals surface area contributed by atoms with Crippen molar-refractivity contribution in [2.75, 3.05) is 91.0 Å². The summed E-state index contributed by atoms with van der Waals surface area (Å²) in [5.41, 5.74) is 25.3. The van der Waals surface area contributed by atoms with Crippen LogP contribution in [0.15, 0.2) is 170 Å². The van der Waals surface area contributed by atoms with Crippen molar-refractivity contribution >= 4 is 75.6 Å². The van der Waals surface area contributed by atoms with Crippen molar-refractivity contribution in [1.29, 1.82) is 0 Å². The summed E-state index contributed by atoms with van der Waals surface area (Å²) in [6.07, 6.45) is 20.5. The predicted octanol–water partition coefficient (Wildman–Crippen LogP) is 20.0. The maximum absolute atomic E-state index is 12.7. The van der Waals surface area contributed by atoms with E-state index in [1.165, 1.54) is 104 Å². The fourth-order valence-corrected chi connectivity index (χ4v) is 21.3. The molecule has 8 atom stereocenters. The summed E-state index contributed by atoms with van der Waals surface area (Å²) in [6, 6.07) is 53.3. The van der Waals surface area contributed by atoms with Gasteiger partial charge in [-0.2, -0.15) is 0 Å². The molecule has 0 bridgehead atoms. The zero-order chi connectivity index (χ0) is 82.2. The number of phenols is 4. The summed E-state index contributed by atoms with van der Waals surface area (Å²) in [6.45, 7) is 4.96. The number of anilines is 3. The van der Waals surface area contributed by atoms with E-state index in [0.717, 1.165) is 155 Å². The maximum atomic E-state index is 12.7. The van der Waals surface area contributed by atoms with Gasteiger partial charge in [-0.05, 0) is 333 Å². The number of aromatic hydroxyl groups is 4. The second kappa shape index (κ2) is 35.8. The number of ether oxygens (including phenoxy) is 2. The van der Waals surface area contributed by atoms with Gasteiger partial charge in [0.25, 0.3) is 0 Å². The van der Waals surface area contributed by atoms with E-state index >= 15 is 0 Å². The third-order valence-corrected chi connectivity index (χ3v) is 27.8. The Morgan fingerprint density at radius 3 is 1.44 bits per heavy atom. The number of phenolic OH excluding ortho intramolecular Hbond substituents is 4. The van der Waals surface area contributed by atoms with Crippen molar-refractivity contribution in [3.8, 4) is 45.6 Å². The summed E-state index contributed by atoms with van der Waals surface area (Å²) in [4.78, 5) is 37.9. The van der Waals surface area contributed by atoms with Crippen LogP contribution in [0.4, 0.5) is 26.7 Å². The number of carbonyl (C=O) groups is 2. The Hall–Kier alpha value is -9.53. The molecular weight excluding hydrogens is 1560 g/mol. The first-order chi connectivity index (χ1) is 57.1. The molecule has 9 aromatic carbocycles. The van der Waals surface area contributed by atoms with E-state index in [1.54, 1.807) is 50.4 Å². The SMILES string of the molecule is CN(C)C(=O)Nc1cccc2c1CC[C@H]1[C@H]2c2cc(O)c(Cl)cc2CCN1C.CN1CCc2cc(Cl)c(O)cc2[C@H]2c3ccc(NCC4CCCC4)cc3CC[C@@H]21.COc1ccc(OC(=O)Nc2cccc3c2CC[C@H]2[C@H]3c3cc(O)c(Cl)cc3CCN2C)cc1.Oc1cc2c(cc1Cl)CCN[C@H]1CCc3c(-c4ccncc4)cccc3[C@H]21. The van der Waals surface area contributed by atoms with Gasteiger partial charge in [-0.15, -0.1) is 0 Å². The number of halogens is 4. The largest absolute Gasteiger partial charge is 0.506 e. The Balaban J connectivity index is 0.000000118. The van der Waals surface area contributed by atoms with Gasteiger partial charge in [0, 0.05) is 118 Å². The van der Waals surface area contributed by atoms with Crippen LogP contribution in [0.25, 0.3) is 11.1 Å². The monoisotopic (exact) mass is 1660 g/mol. The van der Waals surface area contributed by atoms with E-state index < -0.39 is 6.09 Å². The molecule has 3 amide bonds. The summed E-state index contributed by atoms with van der Waals surface area (Å²) < 4.78 is 10.6. The smallest absolute Gasteiger partial charge is 0.417 e. The molecule has 1 aromatic heterocycles. The van der Waals surface area contributed by atoms with Crippen molar-refractivity contribution < 1.29 is 39.5 Å². The lowest BCUT2D eigenvalue weighted by Crippen LogP contribution is -2.40. The first-order valence-electron chi connectivity index (χ1n) is 41.8. The van der Waals surface area contributed by atoms with Gasteiger partial charge in [-0.25, -0.2) is 9.59 Å². The number of fused-ring (bicyclic) bond motifs is 20. The molecule has 5 heterocycles. The number of aryl methyl sites for hydroxylation is 1. The Morgan fingerprint density at radius 1 is 0.475 bits per heavy atom. The van der Waals surface area contributed by atoms with Crippen molar-refractivity contribution in [3.05, 3.63) is 279 Å². The molecule has 10 aromatic rings. The lowest BCUT2D eigenvalue weighted by atomic mass is 9.73. The van der Waals surface area contributed by atoms with E-state index in [4.69, 9.17) is 55.9 Å². The highest BCUT2D eigenvalue weighted by atomic mass is 35.5. The van der Waals surface area contributed by atoms with Crippen LogP contribution in [0.3, 0.4) is 0 Å². The number of nitrogens with zero attached hydrogens (tertiary/aromatic N) is 5. The molecule has 5 aliphatic carbocycles. The number of aromatic nitrogens is 1. The highest BCUT2D eigenvalue weighted by Crippen LogP contribution is 2.51. The van der Waals surface area contributed by atoms with Crippen LogP contribution < -0.4 is 30.7 Å². The molecular formula is C97H105Cl4N9O8. The van der Waals surface area contributed by atoms with Gasteiger partial charge in [-0.3, -0.25) is 10.3 Å². The minimum absolute atomic E-state index is 0.0776. The second-order valence-electron chi connectivity index (χ2n) is 33.6. The van der Waals surface area contributed by atoms with Gasteiger partial charge in [-0.1, -0.05) is 108 Å². The summed E-state index contributed by atoms with van der Waals surface area (Å²) >= 11 is 24.9. The highest BCUT2D eigenvalue weighted by molar-refractivity contribution is 6.33. The number of hydrogen-bond donors (Lipinski definition) is 8. The van der Waals surface area contributed by atoms with Gasteiger partial charge in [0.2, 0.25) is 0 Å². The van der Waals surface area contributed by atoms with Gasteiger partial charge in [0.1, 0.15) is 34.5 Å². The third-order valence-electron chi connectivity index (χ3n) is 26.6. The van der Waals surface area contributed by atoms with Crippen LogP contribution in [-0.2, 0) is 51.4 Å². The summed E-state index contributed by atoms with van der Waals surface area (Å²) in [5.74, 6) is 3.34. The Bertz CT molecular complexity index is 5380. The number of benzene rings is 9. The minimum Gasteiger partial charge on any atom is -0.506 e. The average Bonchev–Trinajstić information content (AvgIpc) is 1.41. The van der Waals surface area contributed by atoms with E-state index in [0.29, 0.717) is 61.7 Å². The standard InChI is InChI=1S/C27H27ClN2O4.C25H31ClN2O.C23H21ClN2O.C22H26ClN3O2/c1-30-13-12-16-14-22(28)25(31)15-21(16)26-20-4-3-5-23(19(20)10-11-24(26)30)29-27(32)34-18-8-6-17(33-2)7-9-18;1-28-11-10-18-13-22(26)24(29)14-21(18)25-20-8-7-19(12-17(20)6-9-23(25)28)27-15-16-4-2-3-5-16;24-20-12-15-8-11-26-21-5-4-17-16(14-6-9-25-10-7-14)2-1-3-18(17)23(21)19(15)13-22(20)27;1-25(2)22(28)24-18-6-4-5-15-14(18)7-8-19-21(15)16-12-20(27)17(23)11-13(16)9-10-26(19)3/h3-9,14-15,24,26,31H,10-13H2,1-2H3,(H,29,32);7-8,12-14,16,23,25,27,29H,2-6,9-11,15H2,1H3;1-3,6-7,9-10,12-13,21,23,26-27H,4-5,8,11H2;4-6,11-12,19,21,27H,7-10H2,1-3H3,(H,24,28)/t24-,26+;23-,25+;21-,23+;19-,21+/m0000/s1. The lowest BCUT2D eigenvalue weighted by Gasteiger charge is -2.39. The van der Waals surface area contributed by atoms with Crippen LogP contribution >= 0.6 is 46.4 Å². The van der Waals surface area contributed by atoms with Crippen molar-refractivity contribution in [2.45, 2.75) is 151 Å². The number of rotatable bonds is 8. The highest BCUT2D eigenvalue weighted by Gasteiger charge is 2.42. The summed E-state index contributed by atoms with van der Waals surface area (Å²) in [7, 11) is 11.6. The molecule has 8 N–H and O–H groups in total. The molecule has 21 heteroatoms. The van der Waals surface area contributed by atoms with Gasteiger partial charge in [0.05, 0.1) is 27.2 Å². The Labute approximate surface area is 712 Å². The van der Waals surface area contributed by atoms with Crippen LogP contribution in [0.1, 0.15) is 164 Å². The lowest BCUT2D eigenvalue weighted by molar-refractivity contribution is 0.213. The predicted molar refractivity (Wildman–Crippen MR) is 474 cm³/mol. The first kappa shape index (κ1) is 82.2. The van der Waals surface area contributed by atoms with Crippen molar-refractivity contribution in [2.24, 2.45) is 5.92 Å². The molecule has 0 saturated heterocycles. The van der Waals surface area contributed by atoms with Crippen LogP contribution in [0.5, 0.6) is 34.5 Å². The molecule has 1 saturated carbocycles. The van der Waals surface area contributed by atoms with Crippen LogP contribution in [-0.4, -0.2) is 156 Å². The van der Waals surface area contributed by atoms with Crippen molar-refractivity contribution in [3.63, 3.8) is 0 Å². The molecule has 1 fully saturated rings. The van der Waals surface area contributed by atoms with Crippen LogP contribution in [0, 0.1) is 5.92 Å². The number of urea groups is 1. The van der Waals surface area contributed by atoms with E-state index in [1.807, 2.05) is 85.2 Å². The van der Waals surface area contributed by atoms with Gasteiger partial charge in [0.15, 0.2) is 0 Å². The number of methoxy groups -OCH3 is 1. The number of carbonyl (C=O) groups excluding carboxylic acids is 2. The maximum Gasteiger partial charge on any atom is 0.417 e. The zero-order valence-corrected chi connectivity index (χ0v) is 70.9. The van der Waals surface area contributed by atoms with E-state index in [-0.39, 0.29) is 46.8 Å². The topological polar surface area (TPSA) is 207 Å². The number of pyridine rings is 1. The normalized spacial score (nSPS) is 21.4. The molecule has 4 aliphatic heterocycles. The number of hydrogen-bond acceptors (Lipinski definition) is 14. The number of nitrogens with one attached hydrogen (secondary N) is 4. The molecule has 9 aliphatic rings. The fourth-order valence-electron chi connectivity index (χ4n) is 20.5. The molecule has 17 nitrogen and oxygen atoms in total. The number of likely N-dealkylation sites (N-methyl/N-ethyl adjacent to an activating group) is 3. The minimum atomic E-state index is -0.538. The molecule has 118 heavy (non-hydrogen) atoms. The Morgan fingerprint density at radius 2 is 0.924 bits per heavy atom. The van der Waals surface area contributed by atoms with Gasteiger partial charge >= 0.3 is 12.1 Å². The molecule has 614 valence electrons. The quantitative estimate of drug-likeness (QED) is 0.0713. The molecule has 0 unspecified atom stereocenters. The van der Waals surface area contributed by atoms with Gasteiger partial charge < -0.3 is 65.4 Å². The van der Waals surface area contributed by atoms with Crippen LogP contribution in [0.2, 0.25) is 20.1 Å². The first-order valence-corrected chi connectivity index (χ1v) is 43.3. The third kappa shape index (κ3) is 17.2. The zero-order valence-electron chi connectivity index (χ0n) is 67.9. The molecule has 19 rings (SSSR count). The van der Waals surface area contributed by atoms with E-state index in [2.05, 4.69) is 123 Å². The molecule has 0 radical (unpaired) electrons. The number of amides is 3. The summed E-state index contributed by atoms with van der Waals surface area (Å²) in [5, 5.41) is 56.4. The van der Waals surface area contributed by atoms with E-state index in [9.17, 15) is 30.0 Å². The second-order valence-corrected chi connectivity index (χ2v) is 35.2. The molecule has 0 spiro atoms. The fraction of sp³-hybridized carbons (Fsp3) is 0.371. The average molecular weight is 1670 g/mol. The van der Waals surface area contributed by atoms with Crippen molar-refractivity contribution in [1.82, 2.24) is 29.9 Å².